The summed E-state index contributed by atoms with van der Waals surface area (Å²) in [5, 5.41) is 2.64. The molecule has 6 nitrogen and oxygen atoms in total. The van der Waals surface area contributed by atoms with E-state index < -0.39 is 8.07 Å². The third-order valence-electron chi connectivity index (χ3n) is 14.5. The molecule has 304 valence electrons. The zero-order valence-electron chi connectivity index (χ0n) is 35.9. The highest BCUT2D eigenvalue weighted by Crippen LogP contribution is 2.53. The standard InChI is InChI=1S/C56H45N5OSi/c1-33-25-26-51-50(27-33)62-55-52(63(51,3)4)30-49(61-48-24-14-13-23-47(48)60-46-22-12-11-21-45(46)59-56(60)61)34(2)53(55)43-29-42-38-19-9-10-20-39(38)54-44(31-57-32-58-54)37-18-8-7-17-36(37)41(42)28-40(43)35-15-5-6-16-35/h7-14,17-32,35H,5-6,15-16H2,1-4H3. The SMILES string of the molecule is Cc1ccc2c(c1)Oc1c(cc(-n3c4ccccc4n4c5ccccc5nc34)c(C)c1-c1cc3c(cc1C1CCCC1)-c1ccccc1-c1cncnc1-c1ccccc1-3)[Si]2(C)C. The number of benzene rings is 7. The van der Waals surface area contributed by atoms with E-state index in [0.717, 1.165) is 80.3 Å². The minimum atomic E-state index is -2.37. The Hall–Kier alpha value is -7.09. The van der Waals surface area contributed by atoms with Gasteiger partial charge >= 0.3 is 0 Å². The van der Waals surface area contributed by atoms with E-state index in [-0.39, 0.29) is 0 Å². The van der Waals surface area contributed by atoms with Gasteiger partial charge in [0.25, 0.3) is 0 Å². The van der Waals surface area contributed by atoms with E-state index in [2.05, 4.69) is 174 Å². The molecule has 1 aliphatic heterocycles. The quantitative estimate of drug-likeness (QED) is 0.166. The van der Waals surface area contributed by atoms with Gasteiger partial charge in [-0.15, -0.1) is 0 Å². The summed E-state index contributed by atoms with van der Waals surface area (Å²) in [6.07, 6.45) is 8.45. The van der Waals surface area contributed by atoms with Gasteiger partial charge in [0.15, 0.2) is 0 Å². The van der Waals surface area contributed by atoms with Gasteiger partial charge in [0.05, 0.1) is 33.4 Å². The van der Waals surface area contributed by atoms with E-state index in [1.165, 1.54) is 73.3 Å². The predicted molar refractivity (Wildman–Crippen MR) is 260 cm³/mol. The summed E-state index contributed by atoms with van der Waals surface area (Å²) in [6.45, 7) is 9.51. The van der Waals surface area contributed by atoms with E-state index >= 15 is 0 Å². The Bertz CT molecular complexity index is 3570. The van der Waals surface area contributed by atoms with Gasteiger partial charge in [0.2, 0.25) is 5.78 Å². The van der Waals surface area contributed by atoms with Gasteiger partial charge in [0.1, 0.15) is 25.9 Å². The Morgan fingerprint density at radius 1 is 0.619 bits per heavy atom. The molecule has 1 fully saturated rings. The summed E-state index contributed by atoms with van der Waals surface area (Å²) >= 11 is 0. The Balaban J connectivity index is 1.19. The first-order valence-corrected chi connectivity index (χ1v) is 25.4. The summed E-state index contributed by atoms with van der Waals surface area (Å²) in [5.74, 6) is 3.32. The Labute approximate surface area is 367 Å². The lowest BCUT2D eigenvalue weighted by atomic mass is 9.78. The lowest BCUT2D eigenvalue weighted by molar-refractivity contribution is 0.487. The van der Waals surface area contributed by atoms with E-state index in [1.807, 2.05) is 6.20 Å². The van der Waals surface area contributed by atoms with E-state index in [0.29, 0.717) is 5.92 Å². The van der Waals surface area contributed by atoms with Crippen LogP contribution in [0.1, 0.15) is 48.3 Å². The molecule has 0 spiro atoms. The summed E-state index contributed by atoms with van der Waals surface area (Å²) in [4.78, 5) is 14.9. The zero-order chi connectivity index (χ0) is 42.1. The van der Waals surface area contributed by atoms with Crippen molar-refractivity contribution in [3.8, 4) is 73.0 Å². The molecular formula is C56H45N5OSi. The van der Waals surface area contributed by atoms with Crippen molar-refractivity contribution < 1.29 is 4.74 Å². The van der Waals surface area contributed by atoms with Crippen molar-refractivity contribution in [2.24, 2.45) is 0 Å². The fraction of sp³-hybridized carbons (Fsp3) is 0.161. The summed E-state index contributed by atoms with van der Waals surface area (Å²) < 4.78 is 12.2. The van der Waals surface area contributed by atoms with Crippen molar-refractivity contribution in [3.63, 3.8) is 0 Å². The number of fused-ring (bicyclic) bond motifs is 15. The van der Waals surface area contributed by atoms with Crippen LogP contribution < -0.4 is 15.1 Å². The highest BCUT2D eigenvalue weighted by molar-refractivity contribution is 7.01. The van der Waals surface area contributed by atoms with Crippen LogP contribution in [0.25, 0.3) is 89.3 Å². The lowest BCUT2D eigenvalue weighted by Gasteiger charge is -2.36. The van der Waals surface area contributed by atoms with Crippen molar-refractivity contribution in [2.45, 2.75) is 58.5 Å². The second-order valence-electron chi connectivity index (χ2n) is 18.4. The smallest absolute Gasteiger partial charge is 0.220 e. The molecule has 0 radical (unpaired) electrons. The van der Waals surface area contributed by atoms with Gasteiger partial charge in [-0.2, -0.15) is 0 Å². The largest absolute Gasteiger partial charge is 0.457 e. The molecule has 0 saturated heterocycles. The number of imidazole rings is 2. The Morgan fingerprint density at radius 2 is 1.29 bits per heavy atom. The molecule has 4 heterocycles. The number of hydrogen-bond acceptors (Lipinski definition) is 4. The maximum Gasteiger partial charge on any atom is 0.220 e. The van der Waals surface area contributed by atoms with Crippen molar-refractivity contribution in [1.82, 2.24) is 23.9 Å². The van der Waals surface area contributed by atoms with Gasteiger partial charge in [-0.25, -0.2) is 15.0 Å². The van der Waals surface area contributed by atoms with Gasteiger partial charge in [-0.1, -0.05) is 111 Å². The van der Waals surface area contributed by atoms with Crippen LogP contribution in [0.15, 0.2) is 146 Å². The van der Waals surface area contributed by atoms with E-state index in [1.54, 1.807) is 6.33 Å². The maximum atomic E-state index is 7.42. The number of aryl methyl sites for hydroxylation is 1. The number of ether oxygens (including phenoxy) is 1. The molecule has 3 aliphatic rings. The molecule has 0 N–H and O–H groups in total. The average Bonchev–Trinajstić information content (AvgIpc) is 4.05. The number of aromatic nitrogens is 5. The maximum absolute atomic E-state index is 7.42. The van der Waals surface area contributed by atoms with Gasteiger partial charge in [-0.05, 0) is 142 Å². The second-order valence-corrected chi connectivity index (χ2v) is 22.7. The van der Waals surface area contributed by atoms with Crippen LogP contribution in [0.3, 0.4) is 0 Å². The number of hydrogen-bond donors (Lipinski definition) is 0. The topological polar surface area (TPSA) is 57.2 Å². The average molecular weight is 832 g/mol. The highest BCUT2D eigenvalue weighted by atomic mass is 28.3. The molecule has 13 rings (SSSR count). The summed E-state index contributed by atoms with van der Waals surface area (Å²) in [7, 11) is -2.37. The van der Waals surface area contributed by atoms with Gasteiger partial charge in [-0.3, -0.25) is 8.97 Å². The number of para-hydroxylation sites is 4. The molecule has 0 atom stereocenters. The Kier molecular flexibility index (Phi) is 7.80. The van der Waals surface area contributed by atoms with Crippen molar-refractivity contribution in [1.29, 1.82) is 0 Å². The monoisotopic (exact) mass is 831 g/mol. The third-order valence-corrected chi connectivity index (χ3v) is 18.0. The first kappa shape index (κ1) is 36.6. The fourth-order valence-electron chi connectivity index (χ4n) is 11.4. The van der Waals surface area contributed by atoms with Crippen LogP contribution in [0.5, 0.6) is 11.5 Å². The second kappa shape index (κ2) is 13.5. The molecule has 1 saturated carbocycles. The number of nitrogens with zero attached hydrogens (tertiary/aromatic N) is 5. The minimum Gasteiger partial charge on any atom is -0.457 e. The normalized spacial score (nSPS) is 14.9. The Morgan fingerprint density at radius 3 is 2.08 bits per heavy atom. The first-order valence-electron chi connectivity index (χ1n) is 22.4. The minimum absolute atomic E-state index is 0.410. The third kappa shape index (κ3) is 5.20. The molecule has 10 aromatic rings. The molecule has 0 amide bonds. The molecule has 7 heteroatoms. The molecule has 7 aromatic carbocycles. The van der Waals surface area contributed by atoms with Crippen LogP contribution in [-0.4, -0.2) is 32.0 Å². The molecule has 3 aromatic heterocycles. The van der Waals surface area contributed by atoms with Crippen LogP contribution >= 0.6 is 0 Å². The van der Waals surface area contributed by atoms with E-state index in [9.17, 15) is 0 Å². The zero-order valence-corrected chi connectivity index (χ0v) is 36.9. The van der Waals surface area contributed by atoms with Gasteiger partial charge < -0.3 is 4.74 Å². The van der Waals surface area contributed by atoms with Crippen molar-refractivity contribution in [2.75, 3.05) is 0 Å². The lowest BCUT2D eigenvalue weighted by Crippen LogP contribution is -2.56. The highest BCUT2D eigenvalue weighted by Gasteiger charge is 2.40. The van der Waals surface area contributed by atoms with Crippen LogP contribution in [0, 0.1) is 13.8 Å². The van der Waals surface area contributed by atoms with Crippen molar-refractivity contribution in [3.05, 3.63) is 163 Å². The van der Waals surface area contributed by atoms with Crippen molar-refractivity contribution >= 4 is 46.3 Å². The van der Waals surface area contributed by atoms with Crippen LogP contribution in [0.2, 0.25) is 13.1 Å². The molecule has 0 unspecified atom stereocenters. The predicted octanol–water partition coefficient (Wildman–Crippen LogP) is 13.1. The summed E-state index contributed by atoms with van der Waals surface area (Å²) in [6, 6.07) is 49.4. The first-order chi connectivity index (χ1) is 30.8. The molecule has 2 aliphatic carbocycles. The molecule has 0 bridgehead atoms. The van der Waals surface area contributed by atoms with Crippen LogP contribution in [0.4, 0.5) is 0 Å². The van der Waals surface area contributed by atoms with Gasteiger partial charge in [0, 0.05) is 22.9 Å². The molecular weight excluding hydrogens is 787 g/mol. The van der Waals surface area contributed by atoms with E-state index in [4.69, 9.17) is 14.7 Å². The fourth-order valence-corrected chi connectivity index (χ4v) is 14.2. The van der Waals surface area contributed by atoms with Crippen LogP contribution in [-0.2, 0) is 0 Å². The summed E-state index contributed by atoms with van der Waals surface area (Å²) in [5.41, 5.74) is 20.8. The molecule has 63 heavy (non-hydrogen) atoms. The number of rotatable bonds is 3.